The first-order valence-corrected chi connectivity index (χ1v) is 19.4. The van der Waals surface area contributed by atoms with E-state index in [1.807, 2.05) is 7.05 Å². The van der Waals surface area contributed by atoms with Gasteiger partial charge in [0.05, 0.1) is 16.5 Å². The van der Waals surface area contributed by atoms with E-state index in [4.69, 9.17) is 4.99 Å². The molecular formula is C54H37N. The lowest BCUT2D eigenvalue weighted by molar-refractivity contribution is 0.792. The topological polar surface area (TPSA) is 12.4 Å². The highest BCUT2D eigenvalue weighted by Crippen LogP contribution is 2.64. The molecule has 4 aliphatic rings. The van der Waals surface area contributed by atoms with E-state index in [1.54, 1.807) is 0 Å². The molecule has 0 bridgehead atoms. The molecule has 0 heterocycles. The fraction of sp³-hybridized carbons (Fsp3) is 0.0926. The smallest absolute Gasteiger partial charge is 0.0725 e. The molecule has 1 heteroatoms. The molecule has 8 aromatic carbocycles. The van der Waals surface area contributed by atoms with Gasteiger partial charge < -0.3 is 0 Å². The van der Waals surface area contributed by atoms with Crippen LogP contribution in [0.1, 0.15) is 66.8 Å². The number of aliphatic imine (C=N–C) groups is 1. The van der Waals surface area contributed by atoms with Crippen LogP contribution in [0.15, 0.2) is 175 Å². The quantitative estimate of drug-likeness (QED) is 0.159. The highest BCUT2D eigenvalue weighted by atomic mass is 14.7. The zero-order chi connectivity index (χ0) is 36.6. The first-order chi connectivity index (χ1) is 27.0. The van der Waals surface area contributed by atoms with Gasteiger partial charge in [-0.2, -0.15) is 0 Å². The van der Waals surface area contributed by atoms with Crippen LogP contribution in [0.2, 0.25) is 0 Å². The van der Waals surface area contributed by atoms with Crippen molar-refractivity contribution >= 4 is 5.71 Å². The highest BCUT2D eigenvalue weighted by Gasteiger charge is 2.53. The summed E-state index contributed by atoms with van der Waals surface area (Å²) in [6.45, 7) is 4.44. The number of fused-ring (bicyclic) bond motifs is 20. The number of nitrogens with zero attached hydrogens (tertiary/aromatic N) is 1. The Bertz CT molecular complexity index is 2800. The first-order valence-electron chi connectivity index (χ1n) is 19.4. The van der Waals surface area contributed by atoms with Crippen LogP contribution in [0.3, 0.4) is 0 Å². The number of rotatable bonds is 2. The first kappa shape index (κ1) is 30.8. The van der Waals surface area contributed by atoms with E-state index in [0.717, 1.165) is 16.8 Å². The summed E-state index contributed by atoms with van der Waals surface area (Å²) in [6, 6.07) is 64.5. The van der Waals surface area contributed by atoms with Crippen LogP contribution in [0.5, 0.6) is 0 Å². The molecule has 1 nitrogen and oxygen atoms in total. The molecule has 12 rings (SSSR count). The molecule has 4 aliphatic carbocycles. The standard InChI is InChI=1S/C54H37N/c1-32-20-24-40-36-12-4-8-16-44(36)53(48(40)28-32)46-18-10-6-14-38(46)42-26-22-34(30-50(42)53)52(55-3)35-23-27-43-39-15-7-11-19-47(39)54(51(43)31-35)45-17-9-5-13-37(45)41-25-21-33(2)29-49(41)54/h4-31H,1-3H3. The van der Waals surface area contributed by atoms with Crippen molar-refractivity contribution in [1.29, 1.82) is 0 Å². The van der Waals surface area contributed by atoms with E-state index in [0.29, 0.717) is 0 Å². The molecule has 0 saturated heterocycles. The second-order valence-corrected chi connectivity index (χ2v) is 15.9. The van der Waals surface area contributed by atoms with Gasteiger partial charge in [-0.15, -0.1) is 0 Å². The van der Waals surface area contributed by atoms with Crippen molar-refractivity contribution in [3.63, 3.8) is 0 Å². The summed E-state index contributed by atoms with van der Waals surface area (Å²) in [5.74, 6) is 0. The predicted octanol–water partition coefficient (Wildman–Crippen LogP) is 12.5. The molecule has 0 amide bonds. The SMILES string of the molecule is CN=C(c1ccc2c(c1)C1(c3ccccc3-c3ccc(C)cc31)c1ccccc1-2)c1ccc2c(c1)C1(c3ccccc3-c3ccc(C)cc31)c1ccccc1-2. The minimum atomic E-state index is -0.405. The lowest BCUT2D eigenvalue weighted by atomic mass is 9.69. The van der Waals surface area contributed by atoms with Crippen LogP contribution in [0.4, 0.5) is 0 Å². The van der Waals surface area contributed by atoms with Crippen LogP contribution in [-0.2, 0) is 10.8 Å². The molecule has 0 fully saturated rings. The van der Waals surface area contributed by atoms with Gasteiger partial charge in [0, 0.05) is 18.2 Å². The maximum Gasteiger partial charge on any atom is 0.0725 e. The minimum Gasteiger partial charge on any atom is -0.287 e. The summed E-state index contributed by atoms with van der Waals surface area (Å²) >= 11 is 0. The molecule has 0 aromatic heterocycles. The maximum atomic E-state index is 5.13. The number of hydrogen-bond donors (Lipinski definition) is 0. The molecule has 0 saturated carbocycles. The van der Waals surface area contributed by atoms with Crippen molar-refractivity contribution in [1.82, 2.24) is 0 Å². The van der Waals surface area contributed by atoms with Gasteiger partial charge in [0.15, 0.2) is 0 Å². The Labute approximate surface area is 322 Å². The summed E-state index contributed by atoms with van der Waals surface area (Å²) in [7, 11) is 1.96. The zero-order valence-electron chi connectivity index (χ0n) is 31.1. The van der Waals surface area contributed by atoms with E-state index in [-0.39, 0.29) is 0 Å². The summed E-state index contributed by atoms with van der Waals surface area (Å²) < 4.78 is 0. The predicted molar refractivity (Wildman–Crippen MR) is 227 cm³/mol. The van der Waals surface area contributed by atoms with Crippen LogP contribution >= 0.6 is 0 Å². The molecule has 258 valence electrons. The molecule has 0 aliphatic heterocycles. The summed E-state index contributed by atoms with van der Waals surface area (Å²) in [6.07, 6.45) is 0. The van der Waals surface area contributed by atoms with Crippen molar-refractivity contribution in [2.75, 3.05) is 7.05 Å². The van der Waals surface area contributed by atoms with Crippen molar-refractivity contribution in [3.8, 4) is 44.5 Å². The summed E-state index contributed by atoms with van der Waals surface area (Å²) in [5.41, 5.74) is 26.4. The average Bonchev–Trinajstić information content (AvgIpc) is 3.89. The Morgan fingerprint density at radius 2 is 0.618 bits per heavy atom. The molecule has 2 unspecified atom stereocenters. The summed E-state index contributed by atoms with van der Waals surface area (Å²) in [5, 5.41) is 0. The van der Waals surface area contributed by atoms with Crippen molar-refractivity contribution in [2.45, 2.75) is 24.7 Å². The van der Waals surface area contributed by atoms with Gasteiger partial charge in [0.25, 0.3) is 0 Å². The average molecular weight is 700 g/mol. The van der Waals surface area contributed by atoms with E-state index in [1.165, 1.54) is 100 Å². The van der Waals surface area contributed by atoms with Gasteiger partial charge in [0.2, 0.25) is 0 Å². The van der Waals surface area contributed by atoms with Crippen molar-refractivity contribution < 1.29 is 0 Å². The van der Waals surface area contributed by atoms with Crippen LogP contribution in [-0.4, -0.2) is 12.8 Å². The number of hydrogen-bond acceptors (Lipinski definition) is 1. The van der Waals surface area contributed by atoms with E-state index in [9.17, 15) is 0 Å². The van der Waals surface area contributed by atoms with E-state index >= 15 is 0 Å². The van der Waals surface area contributed by atoms with Gasteiger partial charge in [-0.05, 0) is 115 Å². The van der Waals surface area contributed by atoms with Crippen LogP contribution < -0.4 is 0 Å². The van der Waals surface area contributed by atoms with Crippen molar-refractivity contribution in [2.24, 2.45) is 4.99 Å². The fourth-order valence-electron chi connectivity index (χ4n) is 11.2. The highest BCUT2D eigenvalue weighted by molar-refractivity contribution is 6.14. The van der Waals surface area contributed by atoms with E-state index in [2.05, 4.69) is 184 Å². The van der Waals surface area contributed by atoms with Gasteiger partial charge in [0.1, 0.15) is 0 Å². The number of benzene rings is 8. The molecule has 2 spiro atoms. The molecule has 55 heavy (non-hydrogen) atoms. The third-order valence-electron chi connectivity index (χ3n) is 13.3. The Morgan fingerprint density at radius 1 is 0.327 bits per heavy atom. The fourth-order valence-corrected chi connectivity index (χ4v) is 11.2. The van der Waals surface area contributed by atoms with E-state index < -0.39 is 10.8 Å². The molecule has 0 N–H and O–H groups in total. The Kier molecular flexibility index (Phi) is 6.04. The second kappa shape index (κ2) is 10.8. The summed E-state index contributed by atoms with van der Waals surface area (Å²) in [4.78, 5) is 5.13. The van der Waals surface area contributed by atoms with Gasteiger partial charge in [-0.3, -0.25) is 4.99 Å². The monoisotopic (exact) mass is 699 g/mol. The maximum absolute atomic E-state index is 5.13. The normalized spacial score (nSPS) is 18.2. The molecule has 2 atom stereocenters. The molecular weight excluding hydrogens is 663 g/mol. The van der Waals surface area contributed by atoms with Crippen LogP contribution in [0, 0.1) is 13.8 Å². The Hall–Kier alpha value is -6.57. The zero-order valence-corrected chi connectivity index (χ0v) is 31.1. The van der Waals surface area contributed by atoms with Gasteiger partial charge >= 0.3 is 0 Å². The lowest BCUT2D eigenvalue weighted by Crippen LogP contribution is -2.26. The largest absolute Gasteiger partial charge is 0.287 e. The molecule has 0 radical (unpaired) electrons. The minimum absolute atomic E-state index is 0.405. The Balaban J connectivity index is 1.10. The van der Waals surface area contributed by atoms with Gasteiger partial charge in [-0.25, -0.2) is 0 Å². The second-order valence-electron chi connectivity index (χ2n) is 15.9. The third kappa shape index (κ3) is 3.67. The van der Waals surface area contributed by atoms with Crippen LogP contribution in [0.25, 0.3) is 44.5 Å². The van der Waals surface area contributed by atoms with Crippen molar-refractivity contribution in [3.05, 3.63) is 237 Å². The Morgan fingerprint density at radius 3 is 0.964 bits per heavy atom. The number of aryl methyl sites for hydroxylation is 2. The van der Waals surface area contributed by atoms with Gasteiger partial charge in [-0.1, -0.05) is 169 Å². The lowest BCUT2D eigenvalue weighted by Gasteiger charge is -2.31. The molecule has 8 aromatic rings. The third-order valence-corrected chi connectivity index (χ3v) is 13.3.